The summed E-state index contributed by atoms with van der Waals surface area (Å²) < 4.78 is 0. The Morgan fingerprint density at radius 2 is 2.29 bits per heavy atom. The summed E-state index contributed by atoms with van der Waals surface area (Å²) >= 11 is 6.22. The van der Waals surface area contributed by atoms with Gasteiger partial charge in [-0.1, -0.05) is 24.9 Å². The van der Waals surface area contributed by atoms with E-state index in [0.717, 1.165) is 12.8 Å². The monoisotopic (exact) mass is 309 g/mol. The van der Waals surface area contributed by atoms with Crippen molar-refractivity contribution >= 4 is 34.8 Å². The fourth-order valence-corrected chi connectivity index (χ4v) is 2.67. The largest absolute Gasteiger partial charge is 0.325 e. The number of hydrogen-bond acceptors (Lipinski definition) is 3. The third-order valence-electron chi connectivity index (χ3n) is 3.52. The maximum Gasteiger partial charge on any atom is 0.241 e. The van der Waals surface area contributed by atoms with E-state index < -0.39 is 6.04 Å². The molecule has 21 heavy (non-hydrogen) atoms. The minimum Gasteiger partial charge on any atom is -0.325 e. The summed E-state index contributed by atoms with van der Waals surface area (Å²) in [5.74, 6) is -0.142. The molecule has 2 amide bonds. The van der Waals surface area contributed by atoms with Crippen molar-refractivity contribution in [2.75, 3.05) is 16.8 Å². The summed E-state index contributed by atoms with van der Waals surface area (Å²) in [7, 11) is 0. The van der Waals surface area contributed by atoms with Gasteiger partial charge in [0.05, 0.1) is 16.8 Å². The van der Waals surface area contributed by atoms with Gasteiger partial charge in [-0.2, -0.15) is 0 Å². The fraction of sp³-hybridized carbons (Fsp3) is 0.467. The SMILES string of the molecule is CCC[C@@H](N)C(=O)Nc1ccc(N2CCCC2=O)c(Cl)c1. The van der Waals surface area contributed by atoms with Crippen LogP contribution < -0.4 is 16.0 Å². The van der Waals surface area contributed by atoms with Crippen LogP contribution in [0.1, 0.15) is 32.6 Å². The Labute approximate surface area is 129 Å². The first-order valence-electron chi connectivity index (χ1n) is 7.19. The number of nitrogens with one attached hydrogen (secondary N) is 1. The van der Waals surface area contributed by atoms with Crippen LogP contribution in [0.5, 0.6) is 0 Å². The van der Waals surface area contributed by atoms with E-state index >= 15 is 0 Å². The summed E-state index contributed by atoms with van der Waals surface area (Å²) in [5, 5.41) is 3.20. The van der Waals surface area contributed by atoms with Gasteiger partial charge in [-0.15, -0.1) is 0 Å². The molecule has 1 fully saturated rings. The molecule has 1 atom stereocenters. The number of nitrogens with zero attached hydrogens (tertiary/aromatic N) is 1. The molecule has 0 saturated carbocycles. The molecule has 1 aromatic carbocycles. The summed E-state index contributed by atoms with van der Waals surface area (Å²) in [4.78, 5) is 25.3. The van der Waals surface area contributed by atoms with Gasteiger partial charge in [0.1, 0.15) is 0 Å². The summed E-state index contributed by atoms with van der Waals surface area (Å²) in [6.45, 7) is 2.66. The number of carbonyl (C=O) groups excluding carboxylic acids is 2. The van der Waals surface area contributed by atoms with Gasteiger partial charge in [0.15, 0.2) is 0 Å². The van der Waals surface area contributed by atoms with Crippen molar-refractivity contribution in [3.63, 3.8) is 0 Å². The zero-order chi connectivity index (χ0) is 15.4. The number of carbonyl (C=O) groups is 2. The summed E-state index contributed by atoms with van der Waals surface area (Å²) in [6.07, 6.45) is 2.89. The van der Waals surface area contributed by atoms with Crippen molar-refractivity contribution in [2.45, 2.75) is 38.6 Å². The van der Waals surface area contributed by atoms with Crippen LogP contribution in [0.2, 0.25) is 5.02 Å². The van der Waals surface area contributed by atoms with E-state index in [1.165, 1.54) is 0 Å². The highest BCUT2D eigenvalue weighted by Gasteiger charge is 2.23. The van der Waals surface area contributed by atoms with Crippen molar-refractivity contribution in [3.05, 3.63) is 23.2 Å². The van der Waals surface area contributed by atoms with Gasteiger partial charge in [0.2, 0.25) is 11.8 Å². The second-order valence-corrected chi connectivity index (χ2v) is 5.61. The highest BCUT2D eigenvalue weighted by Crippen LogP contribution is 2.31. The van der Waals surface area contributed by atoms with Gasteiger partial charge in [-0.3, -0.25) is 9.59 Å². The second-order valence-electron chi connectivity index (χ2n) is 5.20. The van der Waals surface area contributed by atoms with E-state index in [-0.39, 0.29) is 11.8 Å². The average Bonchev–Trinajstić information content (AvgIpc) is 2.85. The lowest BCUT2D eigenvalue weighted by atomic mass is 10.1. The standard InChI is InChI=1S/C15H20ClN3O2/c1-2-4-12(17)15(21)18-10-6-7-13(11(16)9-10)19-8-3-5-14(19)20/h6-7,9,12H,2-5,8,17H2,1H3,(H,18,21)/t12-/m1/s1. The van der Waals surface area contributed by atoms with Gasteiger partial charge in [0, 0.05) is 18.7 Å². The van der Waals surface area contributed by atoms with Crippen LogP contribution >= 0.6 is 11.6 Å². The molecule has 0 bridgehead atoms. The van der Waals surface area contributed by atoms with E-state index in [4.69, 9.17) is 17.3 Å². The van der Waals surface area contributed by atoms with Crippen LogP contribution in [0.25, 0.3) is 0 Å². The second kappa shape index (κ2) is 6.91. The molecule has 0 aromatic heterocycles. The van der Waals surface area contributed by atoms with E-state index in [1.807, 2.05) is 6.92 Å². The predicted molar refractivity (Wildman–Crippen MR) is 84.6 cm³/mol. The molecule has 114 valence electrons. The van der Waals surface area contributed by atoms with Crippen molar-refractivity contribution < 1.29 is 9.59 Å². The van der Waals surface area contributed by atoms with Crippen LogP contribution in [-0.4, -0.2) is 24.4 Å². The lowest BCUT2D eigenvalue weighted by Gasteiger charge is -2.18. The molecule has 5 nitrogen and oxygen atoms in total. The smallest absolute Gasteiger partial charge is 0.241 e. The first-order chi connectivity index (χ1) is 10.0. The van der Waals surface area contributed by atoms with Crippen LogP contribution in [0, 0.1) is 0 Å². The molecular formula is C15H20ClN3O2. The number of nitrogens with two attached hydrogens (primary N) is 1. The number of rotatable bonds is 5. The van der Waals surface area contributed by atoms with Crippen molar-refractivity contribution in [1.82, 2.24) is 0 Å². The lowest BCUT2D eigenvalue weighted by Crippen LogP contribution is -2.35. The lowest BCUT2D eigenvalue weighted by molar-refractivity contribution is -0.118. The van der Waals surface area contributed by atoms with E-state index in [2.05, 4.69) is 5.32 Å². The van der Waals surface area contributed by atoms with E-state index in [0.29, 0.717) is 35.8 Å². The molecule has 1 aliphatic heterocycles. The normalized spacial score (nSPS) is 16.1. The minimum absolute atomic E-state index is 0.0821. The van der Waals surface area contributed by atoms with Crippen molar-refractivity contribution in [3.8, 4) is 0 Å². The van der Waals surface area contributed by atoms with Crippen molar-refractivity contribution in [2.24, 2.45) is 5.73 Å². The Bertz CT molecular complexity index is 548. The molecule has 0 aliphatic carbocycles. The zero-order valence-corrected chi connectivity index (χ0v) is 12.8. The minimum atomic E-state index is -0.520. The van der Waals surface area contributed by atoms with Gasteiger partial charge >= 0.3 is 0 Å². The molecular weight excluding hydrogens is 290 g/mol. The highest BCUT2D eigenvalue weighted by molar-refractivity contribution is 6.34. The van der Waals surface area contributed by atoms with Gasteiger partial charge < -0.3 is 16.0 Å². The quantitative estimate of drug-likeness (QED) is 0.877. The summed E-state index contributed by atoms with van der Waals surface area (Å²) in [5.41, 5.74) is 7.04. The van der Waals surface area contributed by atoms with Crippen molar-refractivity contribution in [1.29, 1.82) is 0 Å². The molecule has 3 N–H and O–H groups in total. The Balaban J connectivity index is 2.08. The molecule has 1 aromatic rings. The Kier molecular flexibility index (Phi) is 5.20. The van der Waals surface area contributed by atoms with Crippen LogP contribution in [0.3, 0.4) is 0 Å². The molecule has 0 unspecified atom stereocenters. The van der Waals surface area contributed by atoms with Gasteiger partial charge in [-0.05, 0) is 31.0 Å². The molecule has 1 heterocycles. The first-order valence-corrected chi connectivity index (χ1v) is 7.57. The summed E-state index contributed by atoms with van der Waals surface area (Å²) in [6, 6.07) is 4.63. The Morgan fingerprint density at radius 1 is 1.52 bits per heavy atom. The molecule has 2 rings (SSSR count). The number of halogens is 1. The van der Waals surface area contributed by atoms with Gasteiger partial charge in [0.25, 0.3) is 0 Å². The van der Waals surface area contributed by atoms with Gasteiger partial charge in [-0.25, -0.2) is 0 Å². The fourth-order valence-electron chi connectivity index (χ4n) is 2.38. The van der Waals surface area contributed by atoms with Crippen LogP contribution in [0.15, 0.2) is 18.2 Å². The Hall–Kier alpha value is -1.59. The molecule has 0 radical (unpaired) electrons. The molecule has 1 saturated heterocycles. The molecule has 6 heteroatoms. The number of hydrogen-bond donors (Lipinski definition) is 2. The third kappa shape index (κ3) is 3.74. The van der Waals surface area contributed by atoms with E-state index in [9.17, 15) is 9.59 Å². The number of anilines is 2. The average molecular weight is 310 g/mol. The molecule has 1 aliphatic rings. The predicted octanol–water partition coefficient (Wildman–Crippen LogP) is 2.53. The zero-order valence-electron chi connectivity index (χ0n) is 12.1. The Morgan fingerprint density at radius 3 is 2.86 bits per heavy atom. The number of amides is 2. The highest BCUT2D eigenvalue weighted by atomic mass is 35.5. The third-order valence-corrected chi connectivity index (χ3v) is 3.82. The van der Waals surface area contributed by atoms with Crippen LogP contribution in [0.4, 0.5) is 11.4 Å². The molecule has 0 spiro atoms. The first kappa shape index (κ1) is 15.8. The van der Waals surface area contributed by atoms with E-state index in [1.54, 1.807) is 23.1 Å². The topological polar surface area (TPSA) is 75.4 Å². The maximum atomic E-state index is 11.9. The number of benzene rings is 1. The van der Waals surface area contributed by atoms with Crippen LogP contribution in [-0.2, 0) is 9.59 Å². The maximum absolute atomic E-state index is 11.9.